The van der Waals surface area contributed by atoms with Crippen LogP contribution in [0.3, 0.4) is 0 Å². The highest BCUT2D eigenvalue weighted by atomic mass is 16.6. The molecule has 0 spiro atoms. The fraction of sp³-hybridized carbons (Fsp3) is 1.00. The van der Waals surface area contributed by atoms with Crippen LogP contribution < -0.4 is 5.73 Å². The molecule has 6 nitrogen and oxygen atoms in total. The van der Waals surface area contributed by atoms with Crippen molar-refractivity contribution in [2.75, 3.05) is 6.61 Å². The third-order valence-corrected chi connectivity index (χ3v) is 1.95. The number of nitrogens with two attached hydrogens (primary N) is 1. The zero-order chi connectivity index (χ0) is 9.30. The van der Waals surface area contributed by atoms with Gasteiger partial charge in [-0.15, -0.1) is 0 Å². The van der Waals surface area contributed by atoms with Crippen molar-refractivity contribution in [1.29, 1.82) is 0 Å². The maximum absolute atomic E-state index is 9.20. The van der Waals surface area contributed by atoms with Gasteiger partial charge in [-0.25, -0.2) is 0 Å². The highest BCUT2D eigenvalue weighted by Crippen LogP contribution is 2.17. The molecule has 0 aromatic heterocycles. The van der Waals surface area contributed by atoms with E-state index in [1.54, 1.807) is 0 Å². The van der Waals surface area contributed by atoms with Crippen molar-refractivity contribution < 1.29 is 25.2 Å². The number of hydrogen-bond acceptors (Lipinski definition) is 6. The first-order valence-electron chi connectivity index (χ1n) is 3.64. The lowest BCUT2D eigenvalue weighted by Gasteiger charge is -2.38. The summed E-state index contributed by atoms with van der Waals surface area (Å²) in [6.07, 6.45) is -4.85. The molecule has 0 bridgehead atoms. The Bertz CT molecular complexity index is 150. The van der Waals surface area contributed by atoms with Crippen LogP contribution in [0.4, 0.5) is 0 Å². The molecule has 12 heavy (non-hydrogen) atoms. The Morgan fingerprint density at radius 1 is 1.17 bits per heavy atom. The third-order valence-electron chi connectivity index (χ3n) is 1.95. The molecule has 5 atom stereocenters. The molecule has 0 amide bonds. The van der Waals surface area contributed by atoms with Gasteiger partial charge in [-0.1, -0.05) is 0 Å². The largest absolute Gasteiger partial charge is 0.394 e. The molecule has 6 N–H and O–H groups in total. The van der Waals surface area contributed by atoms with Crippen LogP contribution in [0.1, 0.15) is 0 Å². The number of aliphatic hydroxyl groups excluding tert-OH is 4. The first kappa shape index (κ1) is 9.85. The van der Waals surface area contributed by atoms with Crippen LogP contribution in [-0.4, -0.2) is 57.7 Å². The Labute approximate surface area is 69.2 Å². The Hall–Kier alpha value is -0.240. The van der Waals surface area contributed by atoms with Gasteiger partial charge in [0.2, 0.25) is 0 Å². The Morgan fingerprint density at radius 2 is 1.75 bits per heavy atom. The van der Waals surface area contributed by atoms with E-state index >= 15 is 0 Å². The molecular weight excluding hydrogens is 166 g/mol. The summed E-state index contributed by atoms with van der Waals surface area (Å²) in [4.78, 5) is 0. The minimum Gasteiger partial charge on any atom is -0.394 e. The molecule has 1 fully saturated rings. The summed E-state index contributed by atoms with van der Waals surface area (Å²) in [5, 5.41) is 36.1. The predicted octanol–water partition coefficient (Wildman–Crippen LogP) is -3.26. The molecular formula is C6H13NO5. The van der Waals surface area contributed by atoms with Gasteiger partial charge < -0.3 is 30.9 Å². The predicted molar refractivity (Wildman–Crippen MR) is 38.0 cm³/mol. The molecule has 0 saturated carbocycles. The molecule has 0 aromatic carbocycles. The fourth-order valence-electron chi connectivity index (χ4n) is 1.12. The topological polar surface area (TPSA) is 116 Å². The SMILES string of the molecule is NC1C(O)C(O)C(CO)O[C@@H]1O. The molecule has 72 valence electrons. The minimum absolute atomic E-state index is 0.470. The molecule has 1 aliphatic rings. The lowest BCUT2D eigenvalue weighted by Crippen LogP contribution is -2.61. The summed E-state index contributed by atoms with van der Waals surface area (Å²) in [7, 11) is 0. The average Bonchev–Trinajstić information content (AvgIpc) is 2.08. The smallest absolute Gasteiger partial charge is 0.173 e. The van der Waals surface area contributed by atoms with Crippen molar-refractivity contribution in [1.82, 2.24) is 0 Å². The van der Waals surface area contributed by atoms with Gasteiger partial charge in [0.15, 0.2) is 6.29 Å². The zero-order valence-corrected chi connectivity index (χ0v) is 6.37. The Morgan fingerprint density at radius 3 is 2.25 bits per heavy atom. The van der Waals surface area contributed by atoms with Gasteiger partial charge in [-0.05, 0) is 0 Å². The highest BCUT2D eigenvalue weighted by molar-refractivity contribution is 4.90. The second-order valence-corrected chi connectivity index (χ2v) is 2.81. The van der Waals surface area contributed by atoms with Gasteiger partial charge >= 0.3 is 0 Å². The second-order valence-electron chi connectivity index (χ2n) is 2.81. The molecule has 0 radical (unpaired) electrons. The summed E-state index contributed by atoms with van der Waals surface area (Å²) >= 11 is 0. The Kier molecular flexibility index (Phi) is 2.99. The van der Waals surface area contributed by atoms with E-state index in [0.717, 1.165) is 0 Å². The molecule has 1 rings (SSSR count). The minimum atomic E-state index is -1.35. The molecule has 0 aromatic rings. The van der Waals surface area contributed by atoms with Gasteiger partial charge in [0.25, 0.3) is 0 Å². The molecule has 1 heterocycles. The van der Waals surface area contributed by atoms with Crippen molar-refractivity contribution in [3.8, 4) is 0 Å². The van der Waals surface area contributed by atoms with Crippen LogP contribution in [0.25, 0.3) is 0 Å². The molecule has 0 aliphatic carbocycles. The standard InChI is InChI=1S/C6H13NO5/c7-3-5(10)4(9)2(1-8)12-6(3)11/h2-6,8-11H,1,7H2/t2?,3?,4?,5?,6-/m0/s1. The lowest BCUT2D eigenvalue weighted by atomic mass is 9.98. The quantitative estimate of drug-likeness (QED) is 0.288. The van der Waals surface area contributed by atoms with Crippen LogP contribution in [0.15, 0.2) is 0 Å². The maximum atomic E-state index is 9.20. The van der Waals surface area contributed by atoms with Crippen molar-refractivity contribution in [3.63, 3.8) is 0 Å². The van der Waals surface area contributed by atoms with E-state index < -0.39 is 37.3 Å². The molecule has 6 heteroatoms. The van der Waals surface area contributed by atoms with Crippen molar-refractivity contribution in [2.24, 2.45) is 5.73 Å². The van der Waals surface area contributed by atoms with E-state index in [1.165, 1.54) is 0 Å². The number of ether oxygens (including phenoxy) is 1. The normalized spacial score (nSPS) is 49.2. The molecule has 4 unspecified atom stereocenters. The van der Waals surface area contributed by atoms with Crippen LogP contribution in [0.5, 0.6) is 0 Å². The van der Waals surface area contributed by atoms with E-state index in [1.807, 2.05) is 0 Å². The molecule has 1 aliphatic heterocycles. The van der Waals surface area contributed by atoms with Gasteiger partial charge in [0.1, 0.15) is 18.3 Å². The van der Waals surface area contributed by atoms with Gasteiger partial charge in [-0.2, -0.15) is 0 Å². The maximum Gasteiger partial charge on any atom is 0.173 e. The van der Waals surface area contributed by atoms with Crippen LogP contribution in [0.2, 0.25) is 0 Å². The number of hydrogen-bond donors (Lipinski definition) is 5. The summed E-state index contributed by atoms with van der Waals surface area (Å²) in [6.45, 7) is -0.470. The van der Waals surface area contributed by atoms with E-state index in [2.05, 4.69) is 0 Å². The van der Waals surface area contributed by atoms with E-state index in [0.29, 0.717) is 0 Å². The monoisotopic (exact) mass is 179 g/mol. The lowest BCUT2D eigenvalue weighted by molar-refractivity contribution is -0.248. The summed E-state index contributed by atoms with van der Waals surface area (Å²) in [5.41, 5.74) is 5.26. The van der Waals surface area contributed by atoms with Gasteiger partial charge in [0, 0.05) is 0 Å². The summed E-state index contributed by atoms with van der Waals surface area (Å²) in [6, 6.07) is -1.04. The van der Waals surface area contributed by atoms with Crippen LogP contribution >= 0.6 is 0 Å². The third kappa shape index (κ3) is 1.58. The van der Waals surface area contributed by atoms with Crippen molar-refractivity contribution >= 4 is 0 Å². The summed E-state index contributed by atoms with van der Waals surface area (Å²) < 4.78 is 4.70. The first-order chi connectivity index (χ1) is 5.57. The van der Waals surface area contributed by atoms with Crippen LogP contribution in [0, 0.1) is 0 Å². The molecule has 1 saturated heterocycles. The second kappa shape index (κ2) is 3.65. The van der Waals surface area contributed by atoms with E-state index in [4.69, 9.17) is 20.7 Å². The van der Waals surface area contributed by atoms with Crippen molar-refractivity contribution in [3.05, 3.63) is 0 Å². The number of rotatable bonds is 1. The number of aliphatic hydroxyl groups is 4. The van der Waals surface area contributed by atoms with Crippen molar-refractivity contribution in [2.45, 2.75) is 30.6 Å². The van der Waals surface area contributed by atoms with E-state index in [-0.39, 0.29) is 0 Å². The van der Waals surface area contributed by atoms with Crippen LogP contribution in [-0.2, 0) is 4.74 Å². The average molecular weight is 179 g/mol. The van der Waals surface area contributed by atoms with E-state index in [9.17, 15) is 10.2 Å². The summed E-state index contributed by atoms with van der Waals surface area (Å²) in [5.74, 6) is 0. The van der Waals surface area contributed by atoms with Gasteiger partial charge in [0.05, 0.1) is 12.6 Å². The highest BCUT2D eigenvalue weighted by Gasteiger charge is 2.41. The zero-order valence-electron chi connectivity index (χ0n) is 6.37. The fourth-order valence-corrected chi connectivity index (χ4v) is 1.12. The van der Waals surface area contributed by atoms with Gasteiger partial charge in [-0.3, -0.25) is 0 Å². The first-order valence-corrected chi connectivity index (χ1v) is 3.64. The Balaban J connectivity index is 2.63.